The van der Waals surface area contributed by atoms with Gasteiger partial charge in [0.2, 0.25) is 5.89 Å². The van der Waals surface area contributed by atoms with E-state index in [1.807, 2.05) is 0 Å². The summed E-state index contributed by atoms with van der Waals surface area (Å²) in [6, 6.07) is 4.71. The predicted molar refractivity (Wildman–Crippen MR) is 102 cm³/mol. The normalized spacial score (nSPS) is 11.6. The van der Waals surface area contributed by atoms with E-state index in [1.54, 1.807) is 44.5 Å². The highest BCUT2D eigenvalue weighted by Gasteiger charge is 2.29. The van der Waals surface area contributed by atoms with Crippen molar-refractivity contribution in [3.05, 3.63) is 40.4 Å². The van der Waals surface area contributed by atoms with Gasteiger partial charge in [-0.3, -0.25) is 4.72 Å². The van der Waals surface area contributed by atoms with E-state index in [0.29, 0.717) is 33.6 Å². The standard InChI is InChI=1S/C17H19ClN4O4S/c1-9-15(17-20-19-11(3)26-17)22(4)10(2)16(9)27(23,24)21-13-8-12(18)6-7-14(13)25-5/h6-8,21H,1-5H3. The Bertz CT molecular complexity index is 1120. The van der Waals surface area contributed by atoms with E-state index in [-0.39, 0.29) is 16.5 Å². The van der Waals surface area contributed by atoms with Crippen molar-refractivity contribution in [1.82, 2.24) is 14.8 Å². The van der Waals surface area contributed by atoms with Crippen LogP contribution in [0.25, 0.3) is 11.6 Å². The Labute approximate surface area is 162 Å². The summed E-state index contributed by atoms with van der Waals surface area (Å²) in [7, 11) is -0.726. The molecular weight excluding hydrogens is 392 g/mol. The lowest BCUT2D eigenvalue weighted by Gasteiger charge is -2.13. The summed E-state index contributed by atoms with van der Waals surface area (Å²) in [5, 5.41) is 8.21. The van der Waals surface area contributed by atoms with Crippen LogP contribution in [0.3, 0.4) is 0 Å². The molecule has 27 heavy (non-hydrogen) atoms. The van der Waals surface area contributed by atoms with Crippen LogP contribution < -0.4 is 9.46 Å². The number of hydrogen-bond acceptors (Lipinski definition) is 6. The molecule has 0 aliphatic heterocycles. The first-order valence-corrected chi connectivity index (χ1v) is 9.84. The number of hydrogen-bond donors (Lipinski definition) is 1. The van der Waals surface area contributed by atoms with Crippen LogP contribution in [0.15, 0.2) is 27.5 Å². The van der Waals surface area contributed by atoms with Crippen molar-refractivity contribution in [1.29, 1.82) is 0 Å². The lowest BCUT2D eigenvalue weighted by atomic mass is 10.2. The Balaban J connectivity index is 2.12. The number of ether oxygens (including phenoxy) is 1. The van der Waals surface area contributed by atoms with E-state index in [9.17, 15) is 8.42 Å². The van der Waals surface area contributed by atoms with Crippen LogP contribution in [0.1, 0.15) is 17.1 Å². The molecule has 1 N–H and O–H groups in total. The van der Waals surface area contributed by atoms with E-state index in [4.69, 9.17) is 20.8 Å². The van der Waals surface area contributed by atoms with Gasteiger partial charge in [0.1, 0.15) is 16.3 Å². The van der Waals surface area contributed by atoms with Crippen molar-refractivity contribution in [3.8, 4) is 17.3 Å². The molecule has 10 heteroatoms. The van der Waals surface area contributed by atoms with E-state index in [1.165, 1.54) is 13.2 Å². The van der Waals surface area contributed by atoms with E-state index in [2.05, 4.69) is 14.9 Å². The molecule has 0 aliphatic carbocycles. The minimum atomic E-state index is -3.93. The molecule has 3 aromatic rings. The summed E-state index contributed by atoms with van der Waals surface area (Å²) in [6.45, 7) is 5.08. The van der Waals surface area contributed by atoms with Crippen molar-refractivity contribution in [3.63, 3.8) is 0 Å². The lowest BCUT2D eigenvalue weighted by molar-refractivity contribution is 0.417. The number of halogens is 1. The molecule has 0 bridgehead atoms. The topological polar surface area (TPSA) is 99.2 Å². The Kier molecular flexibility index (Phi) is 4.92. The van der Waals surface area contributed by atoms with Crippen LogP contribution in [0.5, 0.6) is 5.75 Å². The van der Waals surface area contributed by atoms with Gasteiger partial charge in [0, 0.05) is 30.3 Å². The van der Waals surface area contributed by atoms with Crippen LogP contribution in [0.2, 0.25) is 5.02 Å². The van der Waals surface area contributed by atoms with Crippen LogP contribution in [-0.2, 0) is 17.1 Å². The second kappa shape index (κ2) is 6.90. The predicted octanol–water partition coefficient (Wildman–Crippen LogP) is 3.46. The zero-order chi connectivity index (χ0) is 19.9. The van der Waals surface area contributed by atoms with Crippen molar-refractivity contribution in [2.45, 2.75) is 25.7 Å². The minimum absolute atomic E-state index is 0.137. The molecule has 0 aliphatic rings. The quantitative estimate of drug-likeness (QED) is 0.691. The molecule has 0 fully saturated rings. The van der Waals surface area contributed by atoms with E-state index < -0.39 is 10.0 Å². The zero-order valence-electron chi connectivity index (χ0n) is 15.5. The summed E-state index contributed by atoms with van der Waals surface area (Å²) in [5.41, 5.74) is 1.84. The van der Waals surface area contributed by atoms with Crippen LogP contribution in [0, 0.1) is 20.8 Å². The number of sulfonamides is 1. The highest BCUT2D eigenvalue weighted by Crippen LogP contribution is 2.35. The second-order valence-electron chi connectivity index (χ2n) is 6.02. The largest absolute Gasteiger partial charge is 0.495 e. The molecule has 2 aromatic heterocycles. The average molecular weight is 411 g/mol. The van der Waals surface area contributed by atoms with E-state index >= 15 is 0 Å². The molecule has 0 radical (unpaired) electrons. The van der Waals surface area contributed by atoms with Crippen molar-refractivity contribution in [2.75, 3.05) is 11.8 Å². The fourth-order valence-corrected chi connectivity index (χ4v) is 4.75. The number of rotatable bonds is 5. The highest BCUT2D eigenvalue weighted by atomic mass is 35.5. The number of nitrogens with one attached hydrogen (secondary N) is 1. The summed E-state index contributed by atoms with van der Waals surface area (Å²) in [5.74, 6) is 1.02. The fourth-order valence-electron chi connectivity index (χ4n) is 3.00. The molecular formula is C17H19ClN4O4S. The minimum Gasteiger partial charge on any atom is -0.495 e. The molecule has 1 aromatic carbocycles. The monoisotopic (exact) mass is 410 g/mol. The van der Waals surface area contributed by atoms with Gasteiger partial charge >= 0.3 is 0 Å². The summed E-state index contributed by atoms with van der Waals surface area (Å²) in [6.07, 6.45) is 0. The van der Waals surface area contributed by atoms with Crippen molar-refractivity contribution < 1.29 is 17.6 Å². The summed E-state index contributed by atoms with van der Waals surface area (Å²) >= 11 is 6.00. The molecule has 8 nitrogen and oxygen atoms in total. The Hall–Kier alpha value is -2.52. The highest BCUT2D eigenvalue weighted by molar-refractivity contribution is 7.92. The molecule has 0 saturated heterocycles. The Morgan fingerprint density at radius 2 is 1.93 bits per heavy atom. The van der Waals surface area contributed by atoms with Crippen molar-refractivity contribution in [2.24, 2.45) is 7.05 Å². The number of benzene rings is 1. The molecule has 2 heterocycles. The number of anilines is 1. The van der Waals surface area contributed by atoms with Gasteiger partial charge in [-0.1, -0.05) is 11.6 Å². The second-order valence-corrected chi connectivity index (χ2v) is 8.08. The maximum atomic E-state index is 13.1. The first-order chi connectivity index (χ1) is 12.7. The zero-order valence-corrected chi connectivity index (χ0v) is 17.1. The first-order valence-electron chi connectivity index (χ1n) is 7.98. The van der Waals surface area contributed by atoms with Gasteiger partial charge in [-0.25, -0.2) is 8.42 Å². The summed E-state index contributed by atoms with van der Waals surface area (Å²) in [4.78, 5) is 0.137. The third kappa shape index (κ3) is 3.40. The number of aromatic nitrogens is 3. The average Bonchev–Trinajstić information content (AvgIpc) is 3.09. The van der Waals surface area contributed by atoms with Gasteiger partial charge in [0.25, 0.3) is 15.9 Å². The molecule has 0 saturated carbocycles. The molecule has 0 amide bonds. The van der Waals surface area contributed by atoms with E-state index in [0.717, 1.165) is 0 Å². The smallest absolute Gasteiger partial charge is 0.264 e. The Morgan fingerprint density at radius 1 is 1.22 bits per heavy atom. The number of aryl methyl sites for hydroxylation is 1. The fraction of sp³-hybridized carbons (Fsp3) is 0.294. The van der Waals surface area contributed by atoms with Crippen LogP contribution >= 0.6 is 11.6 Å². The molecule has 0 spiro atoms. The maximum absolute atomic E-state index is 13.1. The third-order valence-electron chi connectivity index (χ3n) is 4.27. The molecule has 144 valence electrons. The van der Waals surface area contributed by atoms with Gasteiger partial charge in [0.05, 0.1) is 12.8 Å². The van der Waals surface area contributed by atoms with Gasteiger partial charge in [-0.05, 0) is 32.0 Å². The summed E-state index contributed by atoms with van der Waals surface area (Å²) < 4.78 is 41.2. The molecule has 0 atom stereocenters. The van der Waals surface area contributed by atoms with Crippen LogP contribution in [-0.4, -0.2) is 30.3 Å². The SMILES string of the molecule is COc1ccc(Cl)cc1NS(=O)(=O)c1c(C)c(-c2nnc(C)o2)n(C)c1C. The number of methoxy groups -OCH3 is 1. The third-order valence-corrected chi connectivity index (χ3v) is 6.13. The lowest BCUT2D eigenvalue weighted by Crippen LogP contribution is -2.15. The molecule has 3 rings (SSSR count). The van der Waals surface area contributed by atoms with Crippen molar-refractivity contribution >= 4 is 27.3 Å². The number of nitrogens with zero attached hydrogens (tertiary/aromatic N) is 3. The van der Waals surface area contributed by atoms with Gasteiger partial charge in [-0.15, -0.1) is 10.2 Å². The molecule has 0 unspecified atom stereocenters. The van der Waals surface area contributed by atoms with Gasteiger partial charge in [-0.2, -0.15) is 0 Å². The van der Waals surface area contributed by atoms with Gasteiger partial charge < -0.3 is 13.7 Å². The first kappa shape index (κ1) is 19.2. The van der Waals surface area contributed by atoms with Gasteiger partial charge in [0.15, 0.2) is 0 Å². The van der Waals surface area contributed by atoms with Crippen LogP contribution in [0.4, 0.5) is 5.69 Å². The Morgan fingerprint density at radius 3 is 2.52 bits per heavy atom. The maximum Gasteiger partial charge on any atom is 0.264 e.